The molecule has 0 unspecified atom stereocenters. The van der Waals surface area contributed by atoms with Crippen molar-refractivity contribution < 1.29 is 4.79 Å². The van der Waals surface area contributed by atoms with Crippen LogP contribution in [0.2, 0.25) is 0 Å². The van der Waals surface area contributed by atoms with Gasteiger partial charge in [0.05, 0.1) is 11.8 Å². The predicted octanol–water partition coefficient (Wildman–Crippen LogP) is 2.45. The van der Waals surface area contributed by atoms with E-state index in [1.165, 1.54) is 16.3 Å². The third kappa shape index (κ3) is 3.21. The third-order valence-electron chi connectivity index (χ3n) is 5.29. The lowest BCUT2D eigenvalue weighted by atomic mass is 10.1. The Kier molecular flexibility index (Phi) is 5.58. The number of anilines is 1. The molecule has 2 aromatic heterocycles. The van der Waals surface area contributed by atoms with Crippen LogP contribution in [0, 0.1) is 13.8 Å². The van der Waals surface area contributed by atoms with Crippen molar-refractivity contribution in [3.8, 4) is 0 Å². The number of aryl methyl sites for hydroxylation is 3. The number of benzene rings is 1. The van der Waals surface area contributed by atoms with Crippen LogP contribution in [-0.2, 0) is 19.5 Å². The highest BCUT2D eigenvalue weighted by Gasteiger charge is 2.24. The van der Waals surface area contributed by atoms with Crippen LogP contribution in [0.4, 0.5) is 5.69 Å². The monoisotopic (exact) mass is 401 g/mol. The fourth-order valence-electron chi connectivity index (χ4n) is 3.69. The number of carbonyl (C=O) groups excluding carboxylic acids is 1. The number of fused-ring (bicyclic) bond motifs is 2. The Morgan fingerprint density at radius 2 is 2.07 bits per heavy atom. The molecule has 28 heavy (non-hydrogen) atoms. The molecule has 0 spiro atoms. The summed E-state index contributed by atoms with van der Waals surface area (Å²) in [6.07, 6.45) is 2.25. The normalized spacial score (nSPS) is 13.1. The van der Waals surface area contributed by atoms with Gasteiger partial charge in [0.25, 0.3) is 11.5 Å². The highest BCUT2D eigenvalue weighted by Crippen LogP contribution is 2.20. The van der Waals surface area contributed by atoms with Gasteiger partial charge in [-0.15, -0.1) is 12.4 Å². The molecule has 0 atom stereocenters. The number of nitrogens with zero attached hydrogens (tertiary/aromatic N) is 3. The van der Waals surface area contributed by atoms with Crippen LogP contribution in [0.15, 0.2) is 29.2 Å². The third-order valence-corrected chi connectivity index (χ3v) is 5.29. The number of aromatic nitrogens is 3. The van der Waals surface area contributed by atoms with Crippen molar-refractivity contribution in [1.82, 2.24) is 19.5 Å². The van der Waals surface area contributed by atoms with Crippen LogP contribution in [0.1, 0.15) is 39.7 Å². The van der Waals surface area contributed by atoms with Gasteiger partial charge in [-0.3, -0.25) is 9.59 Å². The summed E-state index contributed by atoms with van der Waals surface area (Å²) < 4.78 is 3.39. The van der Waals surface area contributed by atoms with Crippen LogP contribution in [0.5, 0.6) is 0 Å². The second-order valence-electron chi connectivity index (χ2n) is 6.95. The molecule has 2 N–H and O–H groups in total. The summed E-state index contributed by atoms with van der Waals surface area (Å²) in [4.78, 5) is 25.8. The molecule has 0 saturated carbocycles. The molecule has 148 valence electrons. The van der Waals surface area contributed by atoms with Gasteiger partial charge in [-0.25, -0.2) is 0 Å². The highest BCUT2D eigenvalue weighted by molar-refractivity contribution is 6.08. The van der Waals surface area contributed by atoms with E-state index in [1.807, 2.05) is 43.5 Å². The summed E-state index contributed by atoms with van der Waals surface area (Å²) >= 11 is 0. The average molecular weight is 402 g/mol. The smallest absolute Gasteiger partial charge is 0.279 e. The summed E-state index contributed by atoms with van der Waals surface area (Å²) in [5.41, 5.74) is 5.56. The van der Waals surface area contributed by atoms with Gasteiger partial charge >= 0.3 is 0 Å². The maximum atomic E-state index is 12.9. The first-order valence-corrected chi connectivity index (χ1v) is 9.23. The van der Waals surface area contributed by atoms with Crippen LogP contribution in [0.3, 0.4) is 0 Å². The zero-order valence-electron chi connectivity index (χ0n) is 16.2. The maximum absolute atomic E-state index is 12.9. The molecule has 0 bridgehead atoms. The summed E-state index contributed by atoms with van der Waals surface area (Å²) in [6, 6.07) is 5.80. The minimum atomic E-state index is -0.260. The van der Waals surface area contributed by atoms with E-state index in [1.54, 1.807) is 0 Å². The first kappa shape index (κ1) is 20.1. The molecule has 0 fully saturated rings. The van der Waals surface area contributed by atoms with Crippen LogP contribution in [-0.4, -0.2) is 26.6 Å². The Morgan fingerprint density at radius 1 is 1.29 bits per heavy atom. The van der Waals surface area contributed by atoms with E-state index < -0.39 is 0 Å². The molecule has 3 aromatic rings. The average Bonchev–Trinajstić information content (AvgIpc) is 3.11. The molecule has 1 aliphatic heterocycles. The number of hydrogen-bond acceptors (Lipinski definition) is 4. The number of amides is 1. The Hall–Kier alpha value is -2.64. The van der Waals surface area contributed by atoms with Gasteiger partial charge in [-0.2, -0.15) is 9.61 Å². The molecule has 1 aromatic carbocycles. The molecule has 3 heterocycles. The van der Waals surface area contributed by atoms with Crippen molar-refractivity contribution >= 4 is 29.6 Å². The minimum Gasteiger partial charge on any atom is -0.329 e. The first-order chi connectivity index (χ1) is 13.0. The van der Waals surface area contributed by atoms with E-state index in [-0.39, 0.29) is 23.9 Å². The summed E-state index contributed by atoms with van der Waals surface area (Å²) in [6.45, 7) is 8.08. The quantitative estimate of drug-likeness (QED) is 0.706. The molecule has 8 heteroatoms. The fraction of sp³-hybridized carbons (Fsp3) is 0.350. The Morgan fingerprint density at radius 3 is 2.79 bits per heavy atom. The van der Waals surface area contributed by atoms with Crippen LogP contribution in [0.25, 0.3) is 5.65 Å². The number of rotatable bonds is 3. The van der Waals surface area contributed by atoms with Gasteiger partial charge in [0.1, 0.15) is 5.56 Å². The van der Waals surface area contributed by atoms with Gasteiger partial charge < -0.3 is 15.2 Å². The van der Waals surface area contributed by atoms with Crippen LogP contribution < -0.4 is 16.2 Å². The fourth-order valence-corrected chi connectivity index (χ4v) is 3.69. The Bertz CT molecular complexity index is 1120. The standard InChI is InChI=1S/C20H23N5O2.ClH/c1-4-24-17-7-8-21-10-15(17)20(27)25-19(24)16(11-22-25)18(26)23-14-6-5-12(2)13(3)9-14;/h5-6,9,11,21H,4,7-8,10H2,1-3H3,(H,23,26);1H. The van der Waals surface area contributed by atoms with Crippen molar-refractivity contribution in [2.75, 3.05) is 11.9 Å². The van der Waals surface area contributed by atoms with E-state index in [2.05, 4.69) is 15.7 Å². The van der Waals surface area contributed by atoms with Gasteiger partial charge in [-0.05, 0) is 44.0 Å². The Balaban J connectivity index is 0.00000225. The summed E-state index contributed by atoms with van der Waals surface area (Å²) in [5, 5.41) is 10.4. The van der Waals surface area contributed by atoms with E-state index in [4.69, 9.17) is 0 Å². The lowest BCUT2D eigenvalue weighted by Crippen LogP contribution is -2.36. The van der Waals surface area contributed by atoms with Crippen molar-refractivity contribution in [1.29, 1.82) is 0 Å². The SMILES string of the molecule is CCn1c2c(c(=O)n3ncc(C(=O)Nc4ccc(C)c(C)c4)c13)CNCC2.Cl. The number of halogens is 1. The zero-order chi connectivity index (χ0) is 19.1. The molecule has 1 amide bonds. The number of carbonyl (C=O) groups is 1. The first-order valence-electron chi connectivity index (χ1n) is 9.23. The van der Waals surface area contributed by atoms with Gasteiger partial charge in [0, 0.05) is 37.4 Å². The van der Waals surface area contributed by atoms with Gasteiger partial charge in [0.2, 0.25) is 0 Å². The van der Waals surface area contributed by atoms with Gasteiger partial charge in [0.15, 0.2) is 5.65 Å². The largest absolute Gasteiger partial charge is 0.329 e. The van der Waals surface area contributed by atoms with E-state index >= 15 is 0 Å². The topological polar surface area (TPSA) is 80.4 Å². The second kappa shape index (κ2) is 7.77. The maximum Gasteiger partial charge on any atom is 0.279 e. The highest BCUT2D eigenvalue weighted by atomic mass is 35.5. The molecule has 0 saturated heterocycles. The van der Waals surface area contributed by atoms with E-state index in [0.29, 0.717) is 24.3 Å². The summed E-state index contributed by atoms with van der Waals surface area (Å²) in [7, 11) is 0. The summed E-state index contributed by atoms with van der Waals surface area (Å²) in [5.74, 6) is -0.260. The lowest BCUT2D eigenvalue weighted by Gasteiger charge is -2.22. The minimum absolute atomic E-state index is 0. The van der Waals surface area contributed by atoms with Crippen molar-refractivity contribution in [2.45, 2.75) is 40.3 Å². The van der Waals surface area contributed by atoms with Crippen molar-refractivity contribution in [2.24, 2.45) is 0 Å². The number of hydrogen-bond donors (Lipinski definition) is 2. The molecule has 0 radical (unpaired) electrons. The molecule has 1 aliphatic rings. The zero-order valence-corrected chi connectivity index (χ0v) is 17.0. The van der Waals surface area contributed by atoms with Crippen molar-refractivity contribution in [3.63, 3.8) is 0 Å². The molecular formula is C20H24ClN5O2. The molecule has 7 nitrogen and oxygen atoms in total. The predicted molar refractivity (Wildman–Crippen MR) is 112 cm³/mol. The van der Waals surface area contributed by atoms with Crippen molar-refractivity contribution in [3.05, 3.63) is 62.7 Å². The van der Waals surface area contributed by atoms with Gasteiger partial charge in [-0.1, -0.05) is 6.07 Å². The van der Waals surface area contributed by atoms with E-state index in [9.17, 15) is 9.59 Å². The molecule has 4 rings (SSSR count). The van der Waals surface area contributed by atoms with E-state index in [0.717, 1.165) is 35.5 Å². The Labute approximate surface area is 169 Å². The molecular weight excluding hydrogens is 378 g/mol. The number of nitrogens with one attached hydrogen (secondary N) is 2. The lowest BCUT2D eigenvalue weighted by molar-refractivity contribution is 0.102. The molecule has 0 aliphatic carbocycles. The second-order valence-corrected chi connectivity index (χ2v) is 6.95. The van der Waals surface area contributed by atoms with Crippen LogP contribution >= 0.6 is 12.4 Å².